The number of halogens is 2. The van der Waals surface area contributed by atoms with Crippen LogP contribution in [0, 0.1) is 11.3 Å². The van der Waals surface area contributed by atoms with Crippen LogP contribution in [0.2, 0.25) is 10.0 Å². The Kier molecular flexibility index (Phi) is 3.61. The fourth-order valence-electron chi connectivity index (χ4n) is 1.51. The predicted molar refractivity (Wildman–Crippen MR) is 75.3 cm³/mol. The minimum absolute atomic E-state index is 0.494. The highest BCUT2D eigenvalue weighted by Gasteiger charge is 2.06. The van der Waals surface area contributed by atoms with Crippen LogP contribution >= 0.6 is 23.2 Å². The van der Waals surface area contributed by atoms with Crippen molar-refractivity contribution in [1.29, 1.82) is 5.26 Å². The highest BCUT2D eigenvalue weighted by Crippen LogP contribution is 2.29. The van der Waals surface area contributed by atoms with Crippen LogP contribution in [-0.2, 0) is 0 Å². The molecule has 0 spiro atoms. The van der Waals surface area contributed by atoms with Gasteiger partial charge in [-0.2, -0.15) is 5.26 Å². The Morgan fingerprint density at radius 2 is 1.67 bits per heavy atom. The predicted octanol–water partition coefficient (Wildman–Crippen LogP) is 4.19. The summed E-state index contributed by atoms with van der Waals surface area (Å²) in [6.45, 7) is 0. The fourth-order valence-corrected chi connectivity index (χ4v) is 1.86. The Morgan fingerprint density at radius 1 is 1.00 bits per heavy atom. The molecule has 0 aliphatic heterocycles. The molecule has 3 nitrogen and oxygen atoms in total. The van der Waals surface area contributed by atoms with E-state index in [-0.39, 0.29) is 0 Å². The summed E-state index contributed by atoms with van der Waals surface area (Å²) in [6.07, 6.45) is 0. The highest BCUT2D eigenvalue weighted by atomic mass is 35.5. The van der Waals surface area contributed by atoms with Crippen molar-refractivity contribution in [3.8, 4) is 6.07 Å². The van der Waals surface area contributed by atoms with Gasteiger partial charge < -0.3 is 11.1 Å². The van der Waals surface area contributed by atoms with Gasteiger partial charge in [0.15, 0.2) is 0 Å². The van der Waals surface area contributed by atoms with Crippen LogP contribution in [0.4, 0.5) is 17.1 Å². The normalized spacial score (nSPS) is 9.83. The van der Waals surface area contributed by atoms with Crippen LogP contribution in [-0.4, -0.2) is 0 Å². The van der Waals surface area contributed by atoms with E-state index in [1.807, 2.05) is 0 Å². The zero-order valence-electron chi connectivity index (χ0n) is 9.24. The summed E-state index contributed by atoms with van der Waals surface area (Å²) in [5, 5.41) is 13.2. The van der Waals surface area contributed by atoms with E-state index in [1.54, 1.807) is 36.4 Å². The standard InChI is InChI=1S/C13H9Cl2N3/c14-9-3-4-12(11(17)5-9)18-13-6-10(15)2-1-8(13)7-16/h1-6,18H,17H2. The molecular formula is C13H9Cl2N3. The lowest BCUT2D eigenvalue weighted by molar-refractivity contribution is 1.46. The molecular weight excluding hydrogens is 269 g/mol. The van der Waals surface area contributed by atoms with E-state index in [4.69, 9.17) is 34.2 Å². The van der Waals surface area contributed by atoms with E-state index in [1.165, 1.54) is 0 Å². The molecule has 0 saturated carbocycles. The Balaban J connectivity index is 2.40. The summed E-state index contributed by atoms with van der Waals surface area (Å²) in [6, 6.07) is 12.2. The second-order valence-electron chi connectivity index (χ2n) is 3.66. The first-order chi connectivity index (χ1) is 8.60. The molecule has 2 aromatic rings. The van der Waals surface area contributed by atoms with Gasteiger partial charge in [-0.05, 0) is 36.4 Å². The van der Waals surface area contributed by atoms with E-state index in [9.17, 15) is 0 Å². The van der Waals surface area contributed by atoms with Gasteiger partial charge in [-0.15, -0.1) is 0 Å². The first-order valence-corrected chi connectivity index (χ1v) is 5.87. The maximum atomic E-state index is 9.02. The third-order valence-corrected chi connectivity index (χ3v) is 2.86. The monoisotopic (exact) mass is 277 g/mol. The third kappa shape index (κ3) is 2.67. The lowest BCUT2D eigenvalue weighted by Gasteiger charge is -2.11. The molecule has 2 aromatic carbocycles. The van der Waals surface area contributed by atoms with Crippen LogP contribution in [0.3, 0.4) is 0 Å². The number of benzene rings is 2. The van der Waals surface area contributed by atoms with Gasteiger partial charge in [0.05, 0.1) is 22.6 Å². The van der Waals surface area contributed by atoms with Gasteiger partial charge in [0.1, 0.15) is 6.07 Å². The fraction of sp³-hybridized carbons (Fsp3) is 0. The number of nitrogens with one attached hydrogen (secondary N) is 1. The van der Waals surface area contributed by atoms with Crippen LogP contribution < -0.4 is 11.1 Å². The molecule has 0 atom stereocenters. The molecule has 0 aliphatic carbocycles. The summed E-state index contributed by atoms with van der Waals surface area (Å²) >= 11 is 11.7. The summed E-state index contributed by atoms with van der Waals surface area (Å²) in [4.78, 5) is 0. The molecule has 0 unspecified atom stereocenters. The second kappa shape index (κ2) is 5.18. The van der Waals surface area contributed by atoms with Gasteiger partial charge >= 0.3 is 0 Å². The topological polar surface area (TPSA) is 61.8 Å². The Bertz CT molecular complexity index is 633. The molecule has 0 fully saturated rings. The first kappa shape index (κ1) is 12.6. The Morgan fingerprint density at radius 3 is 2.33 bits per heavy atom. The summed E-state index contributed by atoms with van der Waals surface area (Å²) in [5.41, 5.74) is 8.13. The average Bonchev–Trinajstić information content (AvgIpc) is 2.33. The van der Waals surface area contributed by atoms with Crippen molar-refractivity contribution in [3.63, 3.8) is 0 Å². The van der Waals surface area contributed by atoms with Gasteiger partial charge in [-0.1, -0.05) is 23.2 Å². The quantitative estimate of drug-likeness (QED) is 0.809. The summed E-state index contributed by atoms with van der Waals surface area (Å²) in [7, 11) is 0. The average molecular weight is 278 g/mol. The molecule has 0 aliphatic rings. The molecule has 0 aromatic heterocycles. The number of anilines is 3. The molecule has 0 saturated heterocycles. The molecule has 3 N–H and O–H groups in total. The summed E-state index contributed by atoms with van der Waals surface area (Å²) in [5.74, 6) is 0. The van der Waals surface area contributed by atoms with Crippen molar-refractivity contribution in [2.24, 2.45) is 0 Å². The molecule has 5 heteroatoms. The van der Waals surface area contributed by atoms with Gasteiger partial charge in [-0.25, -0.2) is 0 Å². The van der Waals surface area contributed by atoms with Gasteiger partial charge in [0.25, 0.3) is 0 Å². The van der Waals surface area contributed by atoms with Crippen molar-refractivity contribution >= 4 is 40.3 Å². The number of nitriles is 1. The molecule has 2 rings (SSSR count). The lowest BCUT2D eigenvalue weighted by Crippen LogP contribution is -1.98. The largest absolute Gasteiger partial charge is 0.397 e. The highest BCUT2D eigenvalue weighted by molar-refractivity contribution is 6.31. The zero-order valence-corrected chi connectivity index (χ0v) is 10.8. The smallest absolute Gasteiger partial charge is 0.101 e. The summed E-state index contributed by atoms with van der Waals surface area (Å²) < 4.78 is 0. The van der Waals surface area contributed by atoms with Gasteiger partial charge in [-0.3, -0.25) is 0 Å². The lowest BCUT2D eigenvalue weighted by atomic mass is 10.2. The Hall–Kier alpha value is -1.89. The van der Waals surface area contributed by atoms with Crippen LogP contribution in [0.15, 0.2) is 36.4 Å². The zero-order chi connectivity index (χ0) is 13.1. The Labute approximate surface area is 115 Å². The molecule has 18 heavy (non-hydrogen) atoms. The van der Waals surface area contributed by atoms with Crippen molar-refractivity contribution in [2.45, 2.75) is 0 Å². The molecule has 0 amide bonds. The number of rotatable bonds is 2. The van der Waals surface area contributed by atoms with E-state index >= 15 is 0 Å². The van der Waals surface area contributed by atoms with E-state index < -0.39 is 0 Å². The first-order valence-electron chi connectivity index (χ1n) is 5.12. The van der Waals surface area contributed by atoms with E-state index in [0.29, 0.717) is 32.7 Å². The molecule has 0 radical (unpaired) electrons. The molecule has 0 bridgehead atoms. The van der Waals surface area contributed by atoms with Crippen molar-refractivity contribution in [2.75, 3.05) is 11.1 Å². The maximum absolute atomic E-state index is 9.02. The van der Waals surface area contributed by atoms with Crippen LogP contribution in [0.5, 0.6) is 0 Å². The van der Waals surface area contributed by atoms with Gasteiger partial charge in [0, 0.05) is 10.0 Å². The van der Waals surface area contributed by atoms with E-state index in [0.717, 1.165) is 0 Å². The number of nitrogen functional groups attached to an aromatic ring is 1. The third-order valence-electron chi connectivity index (χ3n) is 2.39. The maximum Gasteiger partial charge on any atom is 0.101 e. The number of hydrogen-bond donors (Lipinski definition) is 2. The molecule has 90 valence electrons. The van der Waals surface area contributed by atoms with Crippen molar-refractivity contribution in [1.82, 2.24) is 0 Å². The van der Waals surface area contributed by atoms with Crippen LogP contribution in [0.25, 0.3) is 0 Å². The minimum atomic E-state index is 0.494. The number of hydrogen-bond acceptors (Lipinski definition) is 3. The number of nitrogens with zero attached hydrogens (tertiary/aromatic N) is 1. The second-order valence-corrected chi connectivity index (χ2v) is 4.53. The SMILES string of the molecule is N#Cc1ccc(Cl)cc1Nc1ccc(Cl)cc1N. The molecule has 0 heterocycles. The van der Waals surface area contributed by atoms with Gasteiger partial charge in [0.2, 0.25) is 0 Å². The van der Waals surface area contributed by atoms with Crippen molar-refractivity contribution in [3.05, 3.63) is 52.0 Å². The number of nitrogens with two attached hydrogens (primary N) is 1. The van der Waals surface area contributed by atoms with Crippen LogP contribution in [0.1, 0.15) is 5.56 Å². The minimum Gasteiger partial charge on any atom is -0.397 e. The van der Waals surface area contributed by atoms with Crippen molar-refractivity contribution < 1.29 is 0 Å². The van der Waals surface area contributed by atoms with E-state index in [2.05, 4.69) is 11.4 Å².